The van der Waals surface area contributed by atoms with Crippen molar-refractivity contribution in [2.24, 2.45) is 0 Å². The molecular weight excluding hydrogens is 368 g/mol. The predicted octanol–water partition coefficient (Wildman–Crippen LogP) is 6.08. The number of rotatable bonds is 24. The van der Waals surface area contributed by atoms with Crippen LogP contribution in [-0.2, 0) is 23.7 Å². The maximum atomic E-state index is 11.1. The number of carbonyl (C=O) groups excluding carboxylic acids is 1. The SMILES string of the molecule is CCCCCCCCCCCCCCCOCCOCCOCCC(=O)OCC. The summed E-state index contributed by atoms with van der Waals surface area (Å²) in [5.74, 6) is -0.213. The second-order valence-corrected chi connectivity index (χ2v) is 7.63. The molecule has 0 bridgehead atoms. The van der Waals surface area contributed by atoms with Crippen LogP contribution in [-0.4, -0.2) is 52.2 Å². The monoisotopic (exact) mass is 416 g/mol. The van der Waals surface area contributed by atoms with Crippen LogP contribution < -0.4 is 0 Å². The van der Waals surface area contributed by atoms with Crippen LogP contribution in [0.5, 0.6) is 0 Å². The summed E-state index contributed by atoms with van der Waals surface area (Å²) < 4.78 is 21.2. The van der Waals surface area contributed by atoms with E-state index >= 15 is 0 Å². The Morgan fingerprint density at radius 2 is 0.931 bits per heavy atom. The molecular formula is C24H48O5. The molecule has 0 unspecified atom stereocenters. The van der Waals surface area contributed by atoms with Gasteiger partial charge in [-0.25, -0.2) is 0 Å². The third-order valence-electron chi connectivity index (χ3n) is 4.89. The number of ether oxygens (including phenoxy) is 4. The zero-order valence-electron chi connectivity index (χ0n) is 19.4. The lowest BCUT2D eigenvalue weighted by molar-refractivity contribution is -0.144. The first-order valence-corrected chi connectivity index (χ1v) is 12.2. The molecule has 5 nitrogen and oxygen atoms in total. The van der Waals surface area contributed by atoms with E-state index in [1.54, 1.807) is 6.92 Å². The zero-order chi connectivity index (χ0) is 21.3. The minimum Gasteiger partial charge on any atom is -0.466 e. The van der Waals surface area contributed by atoms with E-state index in [1.165, 1.54) is 77.0 Å². The molecule has 0 aliphatic rings. The number of hydrogen-bond acceptors (Lipinski definition) is 5. The molecule has 29 heavy (non-hydrogen) atoms. The molecule has 0 atom stereocenters. The Morgan fingerprint density at radius 3 is 1.41 bits per heavy atom. The van der Waals surface area contributed by atoms with Gasteiger partial charge in [0.05, 0.1) is 46.1 Å². The topological polar surface area (TPSA) is 54.0 Å². The smallest absolute Gasteiger partial charge is 0.308 e. The summed E-state index contributed by atoms with van der Waals surface area (Å²) in [5.41, 5.74) is 0. The Labute approximate surface area is 180 Å². The molecule has 0 N–H and O–H groups in total. The van der Waals surface area contributed by atoms with E-state index in [0.717, 1.165) is 13.0 Å². The summed E-state index contributed by atoms with van der Waals surface area (Å²) in [7, 11) is 0. The molecule has 0 radical (unpaired) electrons. The fourth-order valence-corrected chi connectivity index (χ4v) is 3.15. The van der Waals surface area contributed by atoms with E-state index in [4.69, 9.17) is 18.9 Å². The van der Waals surface area contributed by atoms with Crippen LogP contribution in [0, 0.1) is 0 Å². The average molecular weight is 417 g/mol. The Bertz CT molecular complexity index is 322. The van der Waals surface area contributed by atoms with Crippen LogP contribution in [0.15, 0.2) is 0 Å². The Morgan fingerprint density at radius 1 is 0.517 bits per heavy atom. The number of unbranched alkanes of at least 4 members (excludes halogenated alkanes) is 12. The summed E-state index contributed by atoms with van der Waals surface area (Å²) in [6.07, 6.45) is 18.1. The van der Waals surface area contributed by atoms with E-state index in [9.17, 15) is 4.79 Å². The van der Waals surface area contributed by atoms with Crippen LogP contribution in [0.3, 0.4) is 0 Å². The maximum absolute atomic E-state index is 11.1. The molecule has 0 amide bonds. The molecule has 0 aromatic heterocycles. The summed E-state index contributed by atoms with van der Waals surface area (Å²) in [6.45, 7) is 7.98. The molecule has 0 aliphatic heterocycles. The van der Waals surface area contributed by atoms with Gasteiger partial charge < -0.3 is 18.9 Å². The third-order valence-corrected chi connectivity index (χ3v) is 4.89. The summed E-state index contributed by atoms with van der Waals surface area (Å²) in [6, 6.07) is 0. The Hall–Kier alpha value is -0.650. The lowest BCUT2D eigenvalue weighted by Gasteiger charge is -2.07. The highest BCUT2D eigenvalue weighted by molar-refractivity contribution is 5.69. The molecule has 0 fully saturated rings. The van der Waals surface area contributed by atoms with Gasteiger partial charge in [-0.05, 0) is 13.3 Å². The van der Waals surface area contributed by atoms with Gasteiger partial charge in [-0.2, -0.15) is 0 Å². The third kappa shape index (κ3) is 25.3. The molecule has 0 aromatic carbocycles. The average Bonchev–Trinajstić information content (AvgIpc) is 2.72. The Kier molecular flexibility index (Phi) is 24.8. The van der Waals surface area contributed by atoms with Crippen LogP contribution >= 0.6 is 0 Å². The van der Waals surface area contributed by atoms with Crippen molar-refractivity contribution in [1.29, 1.82) is 0 Å². The molecule has 0 saturated heterocycles. The summed E-state index contributed by atoms with van der Waals surface area (Å²) in [4.78, 5) is 11.1. The highest BCUT2D eigenvalue weighted by Crippen LogP contribution is 2.12. The standard InChI is InChI=1S/C24H48O5/c1-3-5-6-7-8-9-10-11-12-13-14-15-16-18-26-20-22-28-23-21-27-19-17-24(25)29-4-2/h3-23H2,1-2H3. The van der Waals surface area contributed by atoms with Crippen molar-refractivity contribution in [2.45, 2.75) is 104 Å². The van der Waals surface area contributed by atoms with Gasteiger partial charge in [-0.1, -0.05) is 84.0 Å². The van der Waals surface area contributed by atoms with E-state index < -0.39 is 0 Å². The van der Waals surface area contributed by atoms with Crippen molar-refractivity contribution in [3.05, 3.63) is 0 Å². The molecule has 0 spiro atoms. The van der Waals surface area contributed by atoms with Crippen molar-refractivity contribution < 1.29 is 23.7 Å². The van der Waals surface area contributed by atoms with Crippen LogP contribution in [0.25, 0.3) is 0 Å². The largest absolute Gasteiger partial charge is 0.466 e. The highest BCUT2D eigenvalue weighted by Gasteiger charge is 2.00. The van der Waals surface area contributed by atoms with Crippen molar-refractivity contribution in [3.63, 3.8) is 0 Å². The van der Waals surface area contributed by atoms with Gasteiger partial charge in [-0.15, -0.1) is 0 Å². The van der Waals surface area contributed by atoms with Gasteiger partial charge in [0.25, 0.3) is 0 Å². The van der Waals surface area contributed by atoms with Crippen LogP contribution in [0.1, 0.15) is 104 Å². The fraction of sp³-hybridized carbons (Fsp3) is 0.958. The summed E-state index contributed by atoms with van der Waals surface area (Å²) in [5, 5.41) is 0. The molecule has 0 aromatic rings. The van der Waals surface area contributed by atoms with Gasteiger partial charge in [0.1, 0.15) is 0 Å². The van der Waals surface area contributed by atoms with Gasteiger partial charge in [-0.3, -0.25) is 4.79 Å². The lowest BCUT2D eigenvalue weighted by atomic mass is 10.0. The van der Waals surface area contributed by atoms with E-state index in [-0.39, 0.29) is 5.97 Å². The molecule has 0 rings (SSSR count). The summed E-state index contributed by atoms with van der Waals surface area (Å²) >= 11 is 0. The van der Waals surface area contributed by atoms with E-state index in [2.05, 4.69) is 6.92 Å². The highest BCUT2D eigenvalue weighted by atomic mass is 16.5. The minimum atomic E-state index is -0.213. The van der Waals surface area contributed by atoms with Gasteiger partial charge in [0.2, 0.25) is 0 Å². The van der Waals surface area contributed by atoms with E-state index in [0.29, 0.717) is 46.1 Å². The minimum absolute atomic E-state index is 0.213. The lowest BCUT2D eigenvalue weighted by Crippen LogP contribution is -2.12. The van der Waals surface area contributed by atoms with Crippen LogP contribution in [0.2, 0.25) is 0 Å². The number of carbonyl (C=O) groups is 1. The first-order chi connectivity index (χ1) is 14.3. The molecule has 0 heterocycles. The van der Waals surface area contributed by atoms with Crippen molar-refractivity contribution in [2.75, 3.05) is 46.2 Å². The fourth-order valence-electron chi connectivity index (χ4n) is 3.15. The second kappa shape index (κ2) is 25.4. The van der Waals surface area contributed by atoms with Crippen molar-refractivity contribution in [1.82, 2.24) is 0 Å². The number of hydrogen-bond donors (Lipinski definition) is 0. The normalized spacial score (nSPS) is 11.1. The first kappa shape index (κ1) is 28.4. The van der Waals surface area contributed by atoms with E-state index in [1.807, 2.05) is 0 Å². The van der Waals surface area contributed by atoms with Crippen molar-refractivity contribution >= 4 is 5.97 Å². The van der Waals surface area contributed by atoms with Crippen LogP contribution in [0.4, 0.5) is 0 Å². The molecule has 174 valence electrons. The van der Waals surface area contributed by atoms with Gasteiger partial charge in [0, 0.05) is 6.61 Å². The quantitative estimate of drug-likeness (QED) is 0.141. The zero-order valence-corrected chi connectivity index (χ0v) is 19.4. The number of esters is 1. The van der Waals surface area contributed by atoms with Gasteiger partial charge in [0.15, 0.2) is 0 Å². The Balaban J connectivity index is 3.02. The second-order valence-electron chi connectivity index (χ2n) is 7.63. The van der Waals surface area contributed by atoms with Crippen molar-refractivity contribution in [3.8, 4) is 0 Å². The maximum Gasteiger partial charge on any atom is 0.308 e. The molecule has 0 aliphatic carbocycles. The molecule has 0 saturated carbocycles. The first-order valence-electron chi connectivity index (χ1n) is 12.2. The molecule has 5 heteroatoms. The predicted molar refractivity (Wildman–Crippen MR) is 119 cm³/mol. The van der Waals surface area contributed by atoms with Gasteiger partial charge >= 0.3 is 5.97 Å².